The first-order valence-electron chi connectivity index (χ1n) is 7.04. The van der Waals surface area contributed by atoms with Gasteiger partial charge in [0.2, 0.25) is 0 Å². The van der Waals surface area contributed by atoms with Gasteiger partial charge in [-0.15, -0.1) is 0 Å². The Balaban J connectivity index is 2.27. The summed E-state index contributed by atoms with van der Waals surface area (Å²) in [4.78, 5) is 4.19. The Morgan fingerprint density at radius 3 is 2.80 bits per heavy atom. The maximum Gasteiger partial charge on any atom is 0.191 e. The summed E-state index contributed by atoms with van der Waals surface area (Å²) in [5, 5.41) is 11.0. The molecule has 20 heavy (non-hydrogen) atoms. The average molecular weight is 281 g/mol. The molecule has 2 N–H and O–H groups in total. The van der Waals surface area contributed by atoms with Gasteiger partial charge in [-0.25, -0.2) is 0 Å². The summed E-state index contributed by atoms with van der Waals surface area (Å²) in [6.07, 6.45) is 1.00. The molecule has 1 aromatic rings. The zero-order valence-electron chi connectivity index (χ0n) is 13.2. The van der Waals surface area contributed by atoms with Gasteiger partial charge >= 0.3 is 0 Å². The first-order valence-corrected chi connectivity index (χ1v) is 7.04. The molecule has 1 rings (SSSR count). The van der Waals surface area contributed by atoms with E-state index in [1.165, 1.54) is 5.69 Å². The third-order valence-corrected chi connectivity index (χ3v) is 2.97. The summed E-state index contributed by atoms with van der Waals surface area (Å²) in [7, 11) is 3.47. The van der Waals surface area contributed by atoms with E-state index < -0.39 is 0 Å². The number of hydrogen-bond acceptors (Lipinski definition) is 3. The molecule has 0 aliphatic rings. The number of rotatable bonds is 7. The number of ether oxygens (including phenoxy) is 1. The van der Waals surface area contributed by atoms with Crippen LogP contribution in [-0.2, 0) is 11.3 Å². The Kier molecular flexibility index (Phi) is 7.08. The van der Waals surface area contributed by atoms with Crippen LogP contribution in [0.2, 0.25) is 0 Å². The quantitative estimate of drug-likeness (QED) is 0.446. The van der Waals surface area contributed by atoms with E-state index in [-0.39, 0.29) is 6.04 Å². The highest BCUT2D eigenvalue weighted by atomic mass is 16.5. The second kappa shape index (κ2) is 8.58. The Morgan fingerprint density at radius 2 is 2.25 bits per heavy atom. The fraction of sp³-hybridized carbons (Fsp3) is 0.714. The molecule has 1 aromatic heterocycles. The highest BCUT2D eigenvalue weighted by Crippen LogP contribution is 2.02. The molecule has 0 saturated heterocycles. The fourth-order valence-corrected chi connectivity index (χ4v) is 2.06. The molecule has 0 fully saturated rings. The maximum absolute atomic E-state index is 5.09. The molecular formula is C14H27N5O. The molecule has 1 heterocycles. The van der Waals surface area contributed by atoms with Crippen LogP contribution in [0.3, 0.4) is 0 Å². The minimum Gasteiger partial charge on any atom is -0.383 e. The van der Waals surface area contributed by atoms with Crippen LogP contribution in [0, 0.1) is 13.8 Å². The van der Waals surface area contributed by atoms with Crippen molar-refractivity contribution >= 4 is 5.96 Å². The molecule has 0 saturated carbocycles. The molecule has 1 atom stereocenters. The fourth-order valence-electron chi connectivity index (χ4n) is 2.06. The van der Waals surface area contributed by atoms with Gasteiger partial charge in [-0.05, 0) is 33.3 Å². The zero-order valence-corrected chi connectivity index (χ0v) is 13.2. The molecule has 0 amide bonds. The summed E-state index contributed by atoms with van der Waals surface area (Å²) in [5.41, 5.74) is 2.28. The molecular weight excluding hydrogens is 254 g/mol. The summed E-state index contributed by atoms with van der Waals surface area (Å²) in [5.74, 6) is 0.808. The number of nitrogens with one attached hydrogen (secondary N) is 2. The minimum absolute atomic E-state index is 0.238. The van der Waals surface area contributed by atoms with E-state index in [2.05, 4.69) is 40.6 Å². The second-order valence-electron chi connectivity index (χ2n) is 5.00. The second-order valence-corrected chi connectivity index (χ2v) is 5.00. The average Bonchev–Trinajstić information content (AvgIpc) is 2.72. The Labute approximate surface area is 121 Å². The molecule has 0 bridgehead atoms. The van der Waals surface area contributed by atoms with Crippen LogP contribution in [0.25, 0.3) is 0 Å². The lowest BCUT2D eigenvalue weighted by atomic mass is 10.3. The predicted molar refractivity (Wildman–Crippen MR) is 82.2 cm³/mol. The van der Waals surface area contributed by atoms with Crippen LogP contribution in [-0.4, -0.2) is 49.1 Å². The van der Waals surface area contributed by atoms with Gasteiger partial charge in [0.1, 0.15) is 0 Å². The van der Waals surface area contributed by atoms with Gasteiger partial charge in [-0.2, -0.15) is 5.10 Å². The topological polar surface area (TPSA) is 63.5 Å². The van der Waals surface area contributed by atoms with Crippen LogP contribution in [0.15, 0.2) is 11.1 Å². The van der Waals surface area contributed by atoms with Gasteiger partial charge in [0, 0.05) is 39.0 Å². The van der Waals surface area contributed by atoms with Crippen LogP contribution in [0.4, 0.5) is 0 Å². The van der Waals surface area contributed by atoms with Crippen LogP contribution < -0.4 is 10.6 Å². The van der Waals surface area contributed by atoms with Crippen molar-refractivity contribution in [2.24, 2.45) is 4.99 Å². The number of hydrogen-bond donors (Lipinski definition) is 2. The van der Waals surface area contributed by atoms with Gasteiger partial charge in [0.25, 0.3) is 0 Å². The number of aliphatic imine (C=N–C) groups is 1. The number of guanidine groups is 1. The molecule has 6 nitrogen and oxygen atoms in total. The van der Waals surface area contributed by atoms with Crippen molar-refractivity contribution < 1.29 is 4.74 Å². The largest absolute Gasteiger partial charge is 0.383 e. The third-order valence-electron chi connectivity index (χ3n) is 2.97. The molecule has 1 unspecified atom stereocenters. The van der Waals surface area contributed by atoms with E-state index in [9.17, 15) is 0 Å². The van der Waals surface area contributed by atoms with Gasteiger partial charge in [-0.3, -0.25) is 9.67 Å². The maximum atomic E-state index is 5.09. The van der Waals surface area contributed by atoms with Crippen molar-refractivity contribution in [3.8, 4) is 0 Å². The molecule has 0 radical (unpaired) electrons. The summed E-state index contributed by atoms with van der Waals surface area (Å²) < 4.78 is 7.13. The van der Waals surface area contributed by atoms with E-state index in [1.54, 1.807) is 14.2 Å². The van der Waals surface area contributed by atoms with Crippen molar-refractivity contribution in [1.29, 1.82) is 0 Å². The van der Waals surface area contributed by atoms with Crippen molar-refractivity contribution in [2.45, 2.75) is 39.8 Å². The first-order chi connectivity index (χ1) is 9.56. The van der Waals surface area contributed by atoms with E-state index in [0.717, 1.165) is 31.2 Å². The number of aromatic nitrogens is 2. The lowest BCUT2D eigenvalue weighted by molar-refractivity contribution is 0.179. The van der Waals surface area contributed by atoms with Crippen molar-refractivity contribution in [3.63, 3.8) is 0 Å². The van der Waals surface area contributed by atoms with Crippen molar-refractivity contribution in [3.05, 3.63) is 17.5 Å². The van der Waals surface area contributed by atoms with Gasteiger partial charge in [0.05, 0.1) is 12.3 Å². The molecule has 114 valence electrons. The Morgan fingerprint density at radius 1 is 1.50 bits per heavy atom. The van der Waals surface area contributed by atoms with E-state index in [1.807, 2.05) is 11.6 Å². The predicted octanol–water partition coefficient (Wildman–Crippen LogP) is 1.09. The third kappa shape index (κ3) is 5.61. The normalized spacial score (nSPS) is 13.3. The summed E-state index contributed by atoms with van der Waals surface area (Å²) in [6, 6.07) is 2.34. The van der Waals surface area contributed by atoms with Crippen molar-refractivity contribution in [2.75, 3.05) is 27.3 Å². The van der Waals surface area contributed by atoms with Crippen LogP contribution in [0.5, 0.6) is 0 Å². The molecule has 6 heteroatoms. The SMILES string of the molecule is CN=C(NCCCn1nc(C)cc1C)NC(C)COC. The minimum atomic E-state index is 0.238. The van der Waals surface area contributed by atoms with E-state index in [4.69, 9.17) is 4.74 Å². The molecule has 0 aliphatic carbocycles. The highest BCUT2D eigenvalue weighted by molar-refractivity contribution is 5.79. The monoisotopic (exact) mass is 281 g/mol. The first kappa shape index (κ1) is 16.5. The molecule has 0 aromatic carbocycles. The number of nitrogens with zero attached hydrogens (tertiary/aromatic N) is 3. The smallest absolute Gasteiger partial charge is 0.191 e. The highest BCUT2D eigenvalue weighted by Gasteiger charge is 2.04. The molecule has 0 aliphatic heterocycles. The summed E-state index contributed by atoms with van der Waals surface area (Å²) in [6.45, 7) is 8.60. The van der Waals surface area contributed by atoms with E-state index >= 15 is 0 Å². The Hall–Kier alpha value is -1.56. The van der Waals surface area contributed by atoms with Gasteiger partial charge < -0.3 is 15.4 Å². The Bertz CT molecular complexity index is 427. The lowest BCUT2D eigenvalue weighted by Crippen LogP contribution is -2.44. The van der Waals surface area contributed by atoms with E-state index in [0.29, 0.717) is 6.61 Å². The standard InChI is InChI=1S/C14H27N5O/c1-11-9-13(3)19(18-11)8-6-7-16-14(15-4)17-12(2)10-20-5/h9,12H,6-8,10H2,1-5H3,(H2,15,16,17). The number of aryl methyl sites for hydroxylation is 3. The zero-order chi connectivity index (χ0) is 15.0. The summed E-state index contributed by atoms with van der Waals surface area (Å²) >= 11 is 0. The van der Waals surface area contributed by atoms with Gasteiger partial charge in [-0.1, -0.05) is 0 Å². The molecule has 0 spiro atoms. The number of methoxy groups -OCH3 is 1. The lowest BCUT2D eigenvalue weighted by Gasteiger charge is -2.17. The van der Waals surface area contributed by atoms with Gasteiger partial charge in [0.15, 0.2) is 5.96 Å². The van der Waals surface area contributed by atoms with Crippen molar-refractivity contribution in [1.82, 2.24) is 20.4 Å². The van der Waals surface area contributed by atoms with Crippen LogP contribution in [0.1, 0.15) is 24.7 Å². The van der Waals surface area contributed by atoms with Crippen LogP contribution >= 0.6 is 0 Å².